The Balaban J connectivity index is 0.00000144. The Morgan fingerprint density at radius 3 is 2.47 bits per heavy atom. The fraction of sp³-hybridized carbons (Fsp3) is 0.154. The van der Waals surface area contributed by atoms with Gasteiger partial charge in [-0.2, -0.15) is 0 Å². The summed E-state index contributed by atoms with van der Waals surface area (Å²) in [7, 11) is 0. The zero-order valence-corrected chi connectivity index (χ0v) is 10.3. The highest BCUT2D eigenvalue weighted by Gasteiger charge is 2.16. The molecule has 0 aromatic heterocycles. The largest absolute Gasteiger partial charge is 0.398 e. The summed E-state index contributed by atoms with van der Waals surface area (Å²) in [5.41, 5.74) is 12.5. The van der Waals surface area contributed by atoms with Crippen molar-refractivity contribution >= 4 is 34.7 Å². The van der Waals surface area contributed by atoms with Crippen LogP contribution in [0.1, 0.15) is 17.3 Å². The molecule has 0 fully saturated rings. The number of halogens is 1. The number of hydrogen-bond acceptors (Lipinski definition) is 3. The molecule has 0 radical (unpaired) electrons. The van der Waals surface area contributed by atoms with Crippen LogP contribution in [0.15, 0.2) is 36.4 Å². The highest BCUT2D eigenvalue weighted by Crippen LogP contribution is 2.25. The standard InChI is InChI=1S/C13H14N2O.ClH/c1-8(14)13(16)12-10-5-3-2-4-9(10)6-7-11(12)15;/h2-8H,14-15H2,1H3;1H/t8-;/m0./s1. The molecule has 0 saturated heterocycles. The maximum atomic E-state index is 12.0. The third-order valence-corrected chi connectivity index (χ3v) is 2.62. The summed E-state index contributed by atoms with van der Waals surface area (Å²) >= 11 is 0. The van der Waals surface area contributed by atoms with Crippen molar-refractivity contribution in [2.45, 2.75) is 13.0 Å². The number of carbonyl (C=O) groups excluding carboxylic acids is 1. The molecule has 0 aliphatic rings. The number of rotatable bonds is 2. The third kappa shape index (κ3) is 2.40. The van der Waals surface area contributed by atoms with E-state index in [1.54, 1.807) is 13.0 Å². The van der Waals surface area contributed by atoms with Crippen LogP contribution in [0, 0.1) is 0 Å². The van der Waals surface area contributed by atoms with Crippen molar-refractivity contribution in [3.05, 3.63) is 42.0 Å². The highest BCUT2D eigenvalue weighted by atomic mass is 35.5. The van der Waals surface area contributed by atoms with E-state index in [2.05, 4.69) is 0 Å². The van der Waals surface area contributed by atoms with E-state index in [0.29, 0.717) is 11.3 Å². The molecule has 4 heteroatoms. The van der Waals surface area contributed by atoms with Gasteiger partial charge in [-0.05, 0) is 23.8 Å². The van der Waals surface area contributed by atoms with Crippen LogP contribution in [-0.4, -0.2) is 11.8 Å². The Morgan fingerprint density at radius 1 is 1.18 bits per heavy atom. The molecule has 1 atom stereocenters. The van der Waals surface area contributed by atoms with Gasteiger partial charge in [0.15, 0.2) is 5.78 Å². The minimum atomic E-state index is -0.534. The Kier molecular flexibility index (Phi) is 4.10. The van der Waals surface area contributed by atoms with Gasteiger partial charge >= 0.3 is 0 Å². The van der Waals surface area contributed by atoms with E-state index in [4.69, 9.17) is 11.5 Å². The van der Waals surface area contributed by atoms with Crippen LogP contribution in [0.3, 0.4) is 0 Å². The van der Waals surface area contributed by atoms with Crippen LogP contribution in [0.4, 0.5) is 5.69 Å². The van der Waals surface area contributed by atoms with Crippen LogP contribution in [-0.2, 0) is 0 Å². The molecule has 2 rings (SSSR count). The Morgan fingerprint density at radius 2 is 1.82 bits per heavy atom. The lowest BCUT2D eigenvalue weighted by molar-refractivity contribution is 0.0970. The van der Waals surface area contributed by atoms with Crippen molar-refractivity contribution in [3.63, 3.8) is 0 Å². The fourth-order valence-electron chi connectivity index (χ4n) is 1.79. The second-order valence-electron chi connectivity index (χ2n) is 3.90. The van der Waals surface area contributed by atoms with Crippen molar-refractivity contribution < 1.29 is 4.79 Å². The number of ketones is 1. The molecule has 90 valence electrons. The first-order valence-electron chi connectivity index (χ1n) is 5.18. The summed E-state index contributed by atoms with van der Waals surface area (Å²) < 4.78 is 0. The van der Waals surface area contributed by atoms with Crippen LogP contribution >= 0.6 is 12.4 Å². The van der Waals surface area contributed by atoms with Gasteiger partial charge in [-0.1, -0.05) is 30.3 Å². The topological polar surface area (TPSA) is 69.1 Å². The summed E-state index contributed by atoms with van der Waals surface area (Å²) in [4.78, 5) is 12.0. The summed E-state index contributed by atoms with van der Waals surface area (Å²) in [5, 5.41) is 1.87. The van der Waals surface area contributed by atoms with E-state index < -0.39 is 6.04 Å². The minimum absolute atomic E-state index is 0. The van der Waals surface area contributed by atoms with E-state index >= 15 is 0 Å². The van der Waals surface area contributed by atoms with E-state index in [-0.39, 0.29) is 18.2 Å². The SMILES string of the molecule is C[C@H](N)C(=O)c1c(N)ccc2ccccc12.Cl. The van der Waals surface area contributed by atoms with Crippen molar-refractivity contribution in [2.75, 3.05) is 5.73 Å². The molecule has 4 N–H and O–H groups in total. The summed E-state index contributed by atoms with van der Waals surface area (Å²) in [6.07, 6.45) is 0. The first-order chi connectivity index (χ1) is 7.61. The maximum Gasteiger partial charge on any atom is 0.181 e. The molecular weight excluding hydrogens is 236 g/mol. The number of hydrogen-bond donors (Lipinski definition) is 2. The average molecular weight is 251 g/mol. The molecular formula is C13H15ClN2O. The molecule has 0 saturated carbocycles. The molecule has 0 unspecified atom stereocenters. The second kappa shape index (κ2) is 5.17. The van der Waals surface area contributed by atoms with Gasteiger partial charge in [-0.25, -0.2) is 0 Å². The first-order valence-corrected chi connectivity index (χ1v) is 5.18. The quantitative estimate of drug-likeness (QED) is 0.635. The monoisotopic (exact) mass is 250 g/mol. The van der Waals surface area contributed by atoms with Crippen LogP contribution in [0.2, 0.25) is 0 Å². The lowest BCUT2D eigenvalue weighted by Crippen LogP contribution is -2.27. The van der Waals surface area contributed by atoms with Crippen molar-refractivity contribution in [1.82, 2.24) is 0 Å². The molecule has 3 nitrogen and oxygen atoms in total. The number of carbonyl (C=O) groups is 1. The Bertz CT molecular complexity index is 552. The van der Waals surface area contributed by atoms with Gasteiger partial charge < -0.3 is 11.5 Å². The van der Waals surface area contributed by atoms with Gasteiger partial charge in [0.1, 0.15) is 0 Å². The van der Waals surface area contributed by atoms with Crippen molar-refractivity contribution in [2.24, 2.45) is 5.73 Å². The predicted octanol–water partition coefficient (Wildman–Crippen LogP) is 2.37. The first kappa shape index (κ1) is 13.5. The second-order valence-corrected chi connectivity index (χ2v) is 3.90. The molecule has 2 aromatic carbocycles. The molecule has 0 spiro atoms. The van der Waals surface area contributed by atoms with E-state index in [1.165, 1.54) is 0 Å². The Hall–Kier alpha value is -1.58. The number of Topliss-reactive ketones (excluding diaryl/α,β-unsaturated/α-hetero) is 1. The summed E-state index contributed by atoms with van der Waals surface area (Å²) in [5.74, 6) is -0.116. The van der Waals surface area contributed by atoms with Gasteiger partial charge in [0, 0.05) is 11.3 Å². The van der Waals surface area contributed by atoms with Crippen LogP contribution < -0.4 is 11.5 Å². The molecule has 0 aliphatic carbocycles. The maximum absolute atomic E-state index is 12.0. The summed E-state index contributed by atoms with van der Waals surface area (Å²) in [6, 6.07) is 10.8. The van der Waals surface area contributed by atoms with E-state index in [1.807, 2.05) is 30.3 Å². The van der Waals surface area contributed by atoms with Gasteiger partial charge in [-0.15, -0.1) is 12.4 Å². The minimum Gasteiger partial charge on any atom is -0.398 e. The third-order valence-electron chi connectivity index (χ3n) is 2.62. The number of nitrogen functional groups attached to an aromatic ring is 1. The number of benzene rings is 2. The van der Waals surface area contributed by atoms with Gasteiger partial charge in [0.25, 0.3) is 0 Å². The normalized spacial score (nSPS) is 11.9. The number of nitrogens with two attached hydrogens (primary N) is 2. The van der Waals surface area contributed by atoms with Crippen molar-refractivity contribution in [1.29, 1.82) is 0 Å². The van der Waals surface area contributed by atoms with Gasteiger partial charge in [-0.3, -0.25) is 4.79 Å². The molecule has 0 bridgehead atoms. The Labute approximate surface area is 106 Å². The lowest BCUT2D eigenvalue weighted by Gasteiger charge is -2.11. The molecule has 0 aliphatic heterocycles. The molecule has 2 aromatic rings. The van der Waals surface area contributed by atoms with E-state index in [9.17, 15) is 4.79 Å². The van der Waals surface area contributed by atoms with Gasteiger partial charge in [0.2, 0.25) is 0 Å². The van der Waals surface area contributed by atoms with Crippen LogP contribution in [0.5, 0.6) is 0 Å². The summed E-state index contributed by atoms with van der Waals surface area (Å²) in [6.45, 7) is 1.67. The lowest BCUT2D eigenvalue weighted by atomic mass is 9.97. The zero-order valence-electron chi connectivity index (χ0n) is 9.51. The molecule has 0 amide bonds. The number of fused-ring (bicyclic) bond motifs is 1. The van der Waals surface area contributed by atoms with Crippen molar-refractivity contribution in [3.8, 4) is 0 Å². The smallest absolute Gasteiger partial charge is 0.181 e. The van der Waals surface area contributed by atoms with Gasteiger partial charge in [0.05, 0.1) is 6.04 Å². The predicted molar refractivity (Wildman–Crippen MR) is 73.6 cm³/mol. The molecule has 17 heavy (non-hydrogen) atoms. The van der Waals surface area contributed by atoms with Crippen LogP contribution in [0.25, 0.3) is 10.8 Å². The average Bonchev–Trinajstić information content (AvgIpc) is 2.28. The number of anilines is 1. The van der Waals surface area contributed by atoms with E-state index in [0.717, 1.165) is 10.8 Å². The highest BCUT2D eigenvalue weighted by molar-refractivity contribution is 6.14. The fourth-order valence-corrected chi connectivity index (χ4v) is 1.79. The molecule has 0 heterocycles. The zero-order chi connectivity index (χ0) is 11.7.